The van der Waals surface area contributed by atoms with Gasteiger partial charge in [0.1, 0.15) is 0 Å². The summed E-state index contributed by atoms with van der Waals surface area (Å²) in [4.78, 5) is 11.9. The molecule has 2 aromatic rings. The van der Waals surface area contributed by atoms with E-state index in [1.165, 1.54) is 3.07 Å². The fourth-order valence-corrected chi connectivity index (χ4v) is 5.17. The van der Waals surface area contributed by atoms with Gasteiger partial charge in [-0.3, -0.25) is 0 Å². The van der Waals surface area contributed by atoms with Crippen molar-refractivity contribution in [2.75, 3.05) is 0 Å². The van der Waals surface area contributed by atoms with Crippen molar-refractivity contribution in [3.05, 3.63) is 65.7 Å². The van der Waals surface area contributed by atoms with Crippen LogP contribution in [0.5, 0.6) is 0 Å². The summed E-state index contributed by atoms with van der Waals surface area (Å²) in [5.74, 6) is -0.173. The van der Waals surface area contributed by atoms with Gasteiger partial charge in [-0.1, -0.05) is 0 Å². The first-order valence-corrected chi connectivity index (χ1v) is 10.5. The Balaban J connectivity index is 2.01. The maximum atomic E-state index is 11.9. The normalized spacial score (nSPS) is 9.47. The minimum absolute atomic E-state index is 0.173. The molecule has 2 nitrogen and oxygen atoms in total. The predicted octanol–water partition coefficient (Wildman–Crippen LogP) is 2.47. The molecule has 3 heteroatoms. The van der Waals surface area contributed by atoms with Crippen LogP contribution in [0.1, 0.15) is 15.9 Å². The van der Waals surface area contributed by atoms with Gasteiger partial charge >= 0.3 is 114 Å². The molecule has 0 aromatic heterocycles. The van der Waals surface area contributed by atoms with E-state index < -0.39 is 25.0 Å². The van der Waals surface area contributed by atoms with Gasteiger partial charge in [0.15, 0.2) is 0 Å². The second kappa shape index (κ2) is 5.96. The third kappa shape index (κ3) is 3.40. The molecule has 0 amide bonds. The van der Waals surface area contributed by atoms with E-state index in [4.69, 9.17) is 2.64 Å². The SMILES string of the molecule is Cc1ccccc1C(=O)[O][Hg][c]1ccccc1. The van der Waals surface area contributed by atoms with Gasteiger partial charge in [-0.05, 0) is 0 Å². The Kier molecular flexibility index (Phi) is 4.32. The van der Waals surface area contributed by atoms with E-state index in [-0.39, 0.29) is 5.97 Å². The van der Waals surface area contributed by atoms with Crippen LogP contribution < -0.4 is 3.07 Å². The fraction of sp³-hybridized carbons (Fsp3) is 0.0714. The molecule has 0 heterocycles. The number of aryl methyl sites for hydroxylation is 1. The van der Waals surface area contributed by atoms with Crippen LogP contribution in [0.2, 0.25) is 0 Å². The van der Waals surface area contributed by atoms with Gasteiger partial charge in [0.05, 0.1) is 0 Å². The molecule has 0 bridgehead atoms. The third-order valence-electron chi connectivity index (χ3n) is 2.58. The predicted molar refractivity (Wildman–Crippen MR) is 62.7 cm³/mol. The molecule has 0 aliphatic rings. The third-order valence-corrected chi connectivity index (χ3v) is 7.29. The van der Waals surface area contributed by atoms with Crippen molar-refractivity contribution in [3.63, 3.8) is 0 Å². The summed E-state index contributed by atoms with van der Waals surface area (Å²) in [7, 11) is 0. The number of carbonyl (C=O) groups is 1. The van der Waals surface area contributed by atoms with E-state index in [0.29, 0.717) is 5.56 Å². The molecule has 0 atom stereocenters. The Labute approximate surface area is 114 Å². The van der Waals surface area contributed by atoms with Gasteiger partial charge in [-0.25, -0.2) is 0 Å². The van der Waals surface area contributed by atoms with Gasteiger partial charge < -0.3 is 0 Å². The molecule has 2 aromatic carbocycles. The zero-order valence-corrected chi connectivity index (χ0v) is 15.2. The van der Waals surface area contributed by atoms with Crippen molar-refractivity contribution in [1.29, 1.82) is 0 Å². The van der Waals surface area contributed by atoms with Crippen molar-refractivity contribution in [3.8, 4) is 0 Å². The molecule has 0 saturated carbocycles. The van der Waals surface area contributed by atoms with Crippen LogP contribution in [0.15, 0.2) is 54.6 Å². The number of benzene rings is 2. The Morgan fingerprint density at radius 3 is 2.35 bits per heavy atom. The number of hydrogen-bond donors (Lipinski definition) is 0. The van der Waals surface area contributed by atoms with E-state index in [1.807, 2.05) is 61.5 Å². The van der Waals surface area contributed by atoms with Crippen LogP contribution >= 0.6 is 0 Å². The van der Waals surface area contributed by atoms with Crippen molar-refractivity contribution in [1.82, 2.24) is 0 Å². The molecule has 0 saturated heterocycles. The molecule has 0 N–H and O–H groups in total. The number of carbonyl (C=O) groups excluding carboxylic acids is 1. The van der Waals surface area contributed by atoms with Gasteiger partial charge in [0.2, 0.25) is 0 Å². The van der Waals surface area contributed by atoms with Gasteiger partial charge in [-0.2, -0.15) is 0 Å². The van der Waals surface area contributed by atoms with E-state index in [1.54, 1.807) is 0 Å². The van der Waals surface area contributed by atoms with E-state index >= 15 is 0 Å². The first kappa shape index (κ1) is 12.3. The van der Waals surface area contributed by atoms with Crippen LogP contribution in [-0.2, 0) is 27.7 Å². The van der Waals surface area contributed by atoms with Crippen LogP contribution in [0.3, 0.4) is 0 Å². The fourth-order valence-electron chi connectivity index (χ4n) is 1.60. The topological polar surface area (TPSA) is 26.3 Å². The molecule has 0 spiro atoms. The molecule has 0 aliphatic heterocycles. The molecular formula is C14H12HgO2. The second-order valence-electron chi connectivity index (χ2n) is 3.88. The summed E-state index contributed by atoms with van der Waals surface area (Å²) in [5.41, 5.74) is 1.65. The van der Waals surface area contributed by atoms with Crippen molar-refractivity contribution in [2.24, 2.45) is 0 Å². The maximum absolute atomic E-state index is 11.9. The summed E-state index contributed by atoms with van der Waals surface area (Å²) < 4.78 is 6.70. The van der Waals surface area contributed by atoms with E-state index in [9.17, 15) is 4.79 Å². The molecule has 0 fully saturated rings. The molecule has 0 radical (unpaired) electrons. The van der Waals surface area contributed by atoms with Crippen molar-refractivity contribution in [2.45, 2.75) is 6.92 Å². The Morgan fingerprint density at radius 1 is 1.00 bits per heavy atom. The van der Waals surface area contributed by atoms with Gasteiger partial charge in [0, 0.05) is 0 Å². The number of hydrogen-bond acceptors (Lipinski definition) is 2. The van der Waals surface area contributed by atoms with Crippen molar-refractivity contribution >= 4 is 9.04 Å². The quantitative estimate of drug-likeness (QED) is 0.724. The van der Waals surface area contributed by atoms with Crippen molar-refractivity contribution < 1.29 is 32.5 Å². The zero-order chi connectivity index (χ0) is 12.1. The summed E-state index contributed by atoms with van der Waals surface area (Å²) >= 11 is -1.74. The van der Waals surface area contributed by atoms with Gasteiger partial charge in [0.25, 0.3) is 0 Å². The van der Waals surface area contributed by atoms with Crippen LogP contribution in [0.25, 0.3) is 0 Å². The van der Waals surface area contributed by atoms with Crippen LogP contribution in [0, 0.1) is 6.92 Å². The number of rotatable bonds is 3. The van der Waals surface area contributed by atoms with Gasteiger partial charge in [-0.15, -0.1) is 0 Å². The molecule has 17 heavy (non-hydrogen) atoms. The Morgan fingerprint density at radius 2 is 1.65 bits per heavy atom. The zero-order valence-electron chi connectivity index (χ0n) is 9.72. The molecule has 0 aliphatic carbocycles. The average molecular weight is 413 g/mol. The molecule has 0 unspecified atom stereocenters. The van der Waals surface area contributed by atoms with Crippen LogP contribution in [-0.4, -0.2) is 5.97 Å². The summed E-state index contributed by atoms with van der Waals surface area (Å²) in [6.45, 7) is 1.93. The van der Waals surface area contributed by atoms with Crippen LogP contribution in [0.4, 0.5) is 0 Å². The average Bonchev–Trinajstić information content (AvgIpc) is 2.38. The summed E-state index contributed by atoms with van der Waals surface area (Å²) in [6.07, 6.45) is 0. The molecule has 2 rings (SSSR count). The standard InChI is InChI=1S/C8H8O2.C6H5.Hg/c1-6-4-2-3-5-7(6)8(9)10;1-2-4-6-5-3-1;/h2-5H,1H3,(H,9,10);1-5H;/q;;+1/p-1. The second-order valence-corrected chi connectivity index (χ2v) is 9.30. The summed E-state index contributed by atoms with van der Waals surface area (Å²) in [6, 6.07) is 17.5. The van der Waals surface area contributed by atoms with E-state index in [0.717, 1.165) is 5.56 Å². The van der Waals surface area contributed by atoms with E-state index in [2.05, 4.69) is 0 Å². The monoisotopic (exact) mass is 414 g/mol. The Hall–Kier alpha value is -1.15. The molecule has 82 valence electrons. The Bertz CT molecular complexity index is 509. The minimum atomic E-state index is -1.74. The molecular weight excluding hydrogens is 401 g/mol. The summed E-state index contributed by atoms with van der Waals surface area (Å²) in [5, 5.41) is 0. The first-order valence-electron chi connectivity index (χ1n) is 5.54. The first-order chi connectivity index (χ1) is 8.27.